The summed E-state index contributed by atoms with van der Waals surface area (Å²) in [6, 6.07) is 15.5. The van der Waals surface area contributed by atoms with E-state index in [9.17, 15) is 19.8 Å². The second-order valence-corrected chi connectivity index (χ2v) is 11.4. The maximum absolute atomic E-state index is 12.3. The summed E-state index contributed by atoms with van der Waals surface area (Å²) in [5, 5.41) is 22.0. The molecule has 0 saturated heterocycles. The van der Waals surface area contributed by atoms with Crippen LogP contribution in [0.3, 0.4) is 0 Å². The number of aromatic nitrogens is 2. The Morgan fingerprint density at radius 3 is 1.50 bits per heavy atom. The molecule has 2 aromatic carbocycles. The fourth-order valence-corrected chi connectivity index (χ4v) is 6.57. The molecule has 32 heavy (non-hydrogen) atoms. The molecular formula is C24H24N2O4S2. The highest BCUT2D eigenvalue weighted by molar-refractivity contribution is 8.78. The van der Waals surface area contributed by atoms with Crippen LogP contribution in [0.1, 0.15) is 25.0 Å². The molecule has 2 unspecified atom stereocenters. The first kappa shape index (κ1) is 22.4. The zero-order valence-electron chi connectivity index (χ0n) is 17.7. The number of H-pyrrole nitrogens is 2. The van der Waals surface area contributed by atoms with Gasteiger partial charge in [-0.05, 0) is 37.1 Å². The predicted molar refractivity (Wildman–Crippen MR) is 131 cm³/mol. The van der Waals surface area contributed by atoms with Crippen molar-refractivity contribution in [2.24, 2.45) is 0 Å². The van der Waals surface area contributed by atoms with Gasteiger partial charge in [0.05, 0.1) is 0 Å². The van der Waals surface area contributed by atoms with Crippen LogP contribution >= 0.6 is 21.6 Å². The number of hydrogen-bond donors (Lipinski definition) is 4. The van der Waals surface area contributed by atoms with Crippen molar-refractivity contribution in [3.63, 3.8) is 0 Å². The minimum atomic E-state index is -1.20. The van der Waals surface area contributed by atoms with Crippen LogP contribution in [0.2, 0.25) is 0 Å². The minimum absolute atomic E-state index is 0.271. The summed E-state index contributed by atoms with van der Waals surface area (Å²) in [5.41, 5.74) is 3.68. The van der Waals surface area contributed by atoms with Gasteiger partial charge in [0, 0.05) is 47.0 Å². The number of benzene rings is 2. The van der Waals surface area contributed by atoms with Crippen molar-refractivity contribution in [3.05, 3.63) is 72.1 Å². The van der Waals surface area contributed by atoms with Gasteiger partial charge in [0.1, 0.15) is 9.49 Å². The van der Waals surface area contributed by atoms with E-state index < -0.39 is 21.4 Å². The lowest BCUT2D eigenvalue weighted by atomic mass is 10.00. The number of carboxylic acids is 2. The van der Waals surface area contributed by atoms with Gasteiger partial charge in [-0.15, -0.1) is 0 Å². The normalized spacial score (nSPS) is 15.4. The molecule has 2 heterocycles. The first-order valence-electron chi connectivity index (χ1n) is 10.2. The van der Waals surface area contributed by atoms with E-state index in [4.69, 9.17) is 0 Å². The van der Waals surface area contributed by atoms with Crippen LogP contribution in [0, 0.1) is 0 Å². The number of aromatic amines is 2. The summed E-state index contributed by atoms with van der Waals surface area (Å²) < 4.78 is -2.40. The first-order chi connectivity index (χ1) is 15.2. The molecule has 0 fully saturated rings. The van der Waals surface area contributed by atoms with Crippen LogP contribution in [0.25, 0.3) is 21.8 Å². The van der Waals surface area contributed by atoms with Crippen LogP contribution in [-0.2, 0) is 22.4 Å². The average Bonchev–Trinajstić information content (AvgIpc) is 3.37. The molecular weight excluding hydrogens is 444 g/mol. The van der Waals surface area contributed by atoms with E-state index in [0.717, 1.165) is 54.5 Å². The second kappa shape index (κ2) is 8.60. The number of fused-ring (bicyclic) bond motifs is 2. The Bertz CT molecular complexity index is 1200. The van der Waals surface area contributed by atoms with Crippen molar-refractivity contribution in [2.45, 2.75) is 36.2 Å². The highest BCUT2D eigenvalue weighted by atomic mass is 33.1. The molecule has 0 aliphatic rings. The van der Waals surface area contributed by atoms with Crippen molar-refractivity contribution >= 4 is 55.3 Å². The SMILES string of the molecule is CC(Cc1c[nH]c2ccccc12)(SSC(C)(Cc1c[nH]c2ccccc12)C(=O)O)C(=O)O. The summed E-state index contributed by atoms with van der Waals surface area (Å²) in [5.74, 6) is -1.94. The maximum Gasteiger partial charge on any atom is 0.320 e. The molecule has 8 heteroatoms. The van der Waals surface area contributed by atoms with Gasteiger partial charge in [-0.3, -0.25) is 9.59 Å². The number of aliphatic carboxylic acids is 2. The van der Waals surface area contributed by atoms with Gasteiger partial charge in [-0.1, -0.05) is 58.0 Å². The zero-order chi connectivity index (χ0) is 22.9. The van der Waals surface area contributed by atoms with Gasteiger partial charge in [0.2, 0.25) is 0 Å². The number of rotatable bonds is 9. The van der Waals surface area contributed by atoms with Gasteiger partial charge < -0.3 is 20.2 Å². The molecule has 2 aromatic heterocycles. The van der Waals surface area contributed by atoms with Gasteiger partial charge in [-0.2, -0.15) is 0 Å². The van der Waals surface area contributed by atoms with E-state index >= 15 is 0 Å². The standard InChI is InChI=1S/C24H24N2O4S2/c1-23(21(27)28,11-15-13-25-19-9-5-3-7-17(15)19)31-32-24(2,22(29)30)12-16-14-26-20-10-6-4-8-18(16)20/h3-10,13-14,25-26H,11-12H2,1-2H3,(H,27,28)(H,29,30). The highest BCUT2D eigenvalue weighted by Crippen LogP contribution is 2.47. The molecule has 2 atom stereocenters. The summed E-state index contributed by atoms with van der Waals surface area (Å²) in [7, 11) is 2.23. The predicted octanol–water partition coefficient (Wildman–Crippen LogP) is 5.50. The molecule has 0 aliphatic heterocycles. The van der Waals surface area contributed by atoms with Crippen LogP contribution in [0.5, 0.6) is 0 Å². The number of para-hydroxylation sites is 2. The molecule has 0 bridgehead atoms. The molecule has 4 rings (SSSR count). The smallest absolute Gasteiger partial charge is 0.320 e. The van der Waals surface area contributed by atoms with E-state index in [1.54, 1.807) is 13.8 Å². The van der Waals surface area contributed by atoms with E-state index in [1.165, 1.54) is 0 Å². The van der Waals surface area contributed by atoms with Crippen molar-refractivity contribution in [3.8, 4) is 0 Å². The van der Waals surface area contributed by atoms with E-state index in [-0.39, 0.29) is 12.8 Å². The lowest BCUT2D eigenvalue weighted by Crippen LogP contribution is -2.37. The Hall–Kier alpha value is -2.84. The van der Waals surface area contributed by atoms with Crippen molar-refractivity contribution in [2.75, 3.05) is 0 Å². The number of hydrogen-bond acceptors (Lipinski definition) is 4. The molecule has 6 nitrogen and oxygen atoms in total. The van der Waals surface area contributed by atoms with E-state index in [1.807, 2.05) is 60.9 Å². The van der Waals surface area contributed by atoms with Crippen LogP contribution in [-0.4, -0.2) is 41.6 Å². The lowest BCUT2D eigenvalue weighted by Gasteiger charge is -2.29. The average molecular weight is 469 g/mol. The van der Waals surface area contributed by atoms with Gasteiger partial charge in [0.15, 0.2) is 0 Å². The first-order valence-corrected chi connectivity index (χ1v) is 12.3. The number of carboxylic acid groups (broad SMARTS) is 2. The molecule has 4 aromatic rings. The third-order valence-corrected chi connectivity index (χ3v) is 9.63. The Morgan fingerprint density at radius 2 is 1.12 bits per heavy atom. The Morgan fingerprint density at radius 1 is 0.750 bits per heavy atom. The lowest BCUT2D eigenvalue weighted by molar-refractivity contribution is -0.140. The Kier molecular flexibility index (Phi) is 6.01. The summed E-state index contributed by atoms with van der Waals surface area (Å²) >= 11 is 0. The van der Waals surface area contributed by atoms with Gasteiger partial charge in [0.25, 0.3) is 0 Å². The number of carbonyl (C=O) groups is 2. The second-order valence-electron chi connectivity index (χ2n) is 8.31. The third-order valence-electron chi connectivity index (χ3n) is 5.72. The highest BCUT2D eigenvalue weighted by Gasteiger charge is 2.42. The monoisotopic (exact) mass is 468 g/mol. The largest absolute Gasteiger partial charge is 0.480 e. The summed E-state index contributed by atoms with van der Waals surface area (Å²) in [6.45, 7) is 3.31. The summed E-state index contributed by atoms with van der Waals surface area (Å²) in [4.78, 5) is 30.9. The summed E-state index contributed by atoms with van der Waals surface area (Å²) in [6.07, 6.45) is 4.21. The molecule has 0 aliphatic carbocycles. The minimum Gasteiger partial charge on any atom is -0.480 e. The zero-order valence-corrected chi connectivity index (χ0v) is 19.3. The van der Waals surface area contributed by atoms with E-state index in [0.29, 0.717) is 0 Å². The van der Waals surface area contributed by atoms with Crippen molar-refractivity contribution in [1.29, 1.82) is 0 Å². The van der Waals surface area contributed by atoms with E-state index in [2.05, 4.69) is 9.97 Å². The van der Waals surface area contributed by atoms with Crippen LogP contribution in [0.15, 0.2) is 60.9 Å². The molecule has 166 valence electrons. The van der Waals surface area contributed by atoms with Crippen molar-refractivity contribution in [1.82, 2.24) is 9.97 Å². The molecule has 0 amide bonds. The molecule has 4 N–H and O–H groups in total. The topological polar surface area (TPSA) is 106 Å². The molecule has 0 saturated carbocycles. The molecule has 0 spiro atoms. The quantitative estimate of drug-likeness (QED) is 0.242. The Labute approximate surface area is 193 Å². The van der Waals surface area contributed by atoms with Crippen LogP contribution < -0.4 is 0 Å². The Balaban J connectivity index is 1.57. The van der Waals surface area contributed by atoms with Gasteiger partial charge >= 0.3 is 11.9 Å². The molecule has 0 radical (unpaired) electrons. The van der Waals surface area contributed by atoms with Crippen molar-refractivity contribution < 1.29 is 19.8 Å². The fourth-order valence-electron chi connectivity index (χ4n) is 3.75. The van der Waals surface area contributed by atoms with Crippen LogP contribution in [0.4, 0.5) is 0 Å². The fraction of sp³-hybridized carbons (Fsp3) is 0.250. The third kappa shape index (κ3) is 4.25. The van der Waals surface area contributed by atoms with Gasteiger partial charge in [-0.25, -0.2) is 0 Å². The number of nitrogens with one attached hydrogen (secondary N) is 2. The maximum atomic E-state index is 12.3.